The van der Waals surface area contributed by atoms with Crippen molar-refractivity contribution in [2.24, 2.45) is 0 Å². The third kappa shape index (κ3) is 2.59. The lowest BCUT2D eigenvalue weighted by Crippen LogP contribution is -1.97. The van der Waals surface area contributed by atoms with Gasteiger partial charge in [0.2, 0.25) is 0 Å². The van der Waals surface area contributed by atoms with Crippen LogP contribution in [0, 0.1) is 6.92 Å². The highest BCUT2D eigenvalue weighted by atomic mass is 79.9. The lowest BCUT2D eigenvalue weighted by Gasteiger charge is -2.12. The number of aliphatic hydroxyl groups excluding tert-OH is 1. The molecule has 1 rings (SSSR count). The number of halogens is 2. The molecule has 1 atom stereocenters. The van der Waals surface area contributed by atoms with E-state index in [0.717, 1.165) is 15.6 Å². The van der Waals surface area contributed by atoms with Crippen LogP contribution in [0.1, 0.15) is 23.7 Å². The molecule has 0 fully saturated rings. The highest BCUT2D eigenvalue weighted by molar-refractivity contribution is 9.10. The maximum Gasteiger partial charge on any atom is 0.0835 e. The third-order valence-corrected chi connectivity index (χ3v) is 3.12. The van der Waals surface area contributed by atoms with Crippen molar-refractivity contribution < 1.29 is 5.11 Å². The van der Waals surface area contributed by atoms with E-state index in [0.29, 0.717) is 11.4 Å². The van der Waals surface area contributed by atoms with Gasteiger partial charge in [0.05, 0.1) is 6.10 Å². The Bertz CT molecular complexity index is 349. The zero-order chi connectivity index (χ0) is 10.7. The molecule has 0 saturated carbocycles. The molecule has 1 nitrogen and oxygen atoms in total. The summed E-state index contributed by atoms with van der Waals surface area (Å²) in [7, 11) is 0. The summed E-state index contributed by atoms with van der Waals surface area (Å²) in [6.07, 6.45) is 1.67. The molecule has 0 aromatic heterocycles. The first-order chi connectivity index (χ1) is 6.56. The van der Waals surface area contributed by atoms with Crippen LogP contribution in [0.25, 0.3) is 0 Å². The van der Waals surface area contributed by atoms with Gasteiger partial charge in [-0.3, -0.25) is 0 Å². The second kappa shape index (κ2) is 4.96. The van der Waals surface area contributed by atoms with E-state index >= 15 is 0 Å². The van der Waals surface area contributed by atoms with Gasteiger partial charge in [0.25, 0.3) is 0 Å². The van der Waals surface area contributed by atoms with Gasteiger partial charge < -0.3 is 5.11 Å². The van der Waals surface area contributed by atoms with Gasteiger partial charge in [-0.1, -0.05) is 33.6 Å². The lowest BCUT2D eigenvalue weighted by atomic mass is 10.1. The third-order valence-electron chi connectivity index (χ3n) is 2.03. The normalized spacial score (nSPS) is 12.6. The molecule has 0 aliphatic heterocycles. The first-order valence-electron chi connectivity index (χ1n) is 4.30. The molecule has 1 aromatic rings. The maximum atomic E-state index is 9.76. The molecule has 76 valence electrons. The number of aryl methyl sites for hydroxylation is 1. The second-order valence-corrected chi connectivity index (χ2v) is 4.42. The highest BCUT2D eigenvalue weighted by Crippen LogP contribution is 2.30. The van der Waals surface area contributed by atoms with Gasteiger partial charge >= 0.3 is 0 Å². The van der Waals surface area contributed by atoms with Crippen molar-refractivity contribution in [1.82, 2.24) is 0 Å². The van der Waals surface area contributed by atoms with E-state index < -0.39 is 6.10 Å². The summed E-state index contributed by atoms with van der Waals surface area (Å²) in [4.78, 5) is 0. The van der Waals surface area contributed by atoms with E-state index in [1.54, 1.807) is 12.1 Å². The first kappa shape index (κ1) is 11.8. The van der Waals surface area contributed by atoms with Gasteiger partial charge in [0.1, 0.15) is 0 Å². The molecule has 3 heteroatoms. The standard InChI is InChI=1S/C11H12BrClO/c1-3-4-11(14)8-6-10(13)7(2)5-9(8)12/h3,5-6,11,14H,1,4H2,2H3. The molecule has 1 N–H and O–H groups in total. The minimum absolute atomic E-state index is 0.526. The van der Waals surface area contributed by atoms with E-state index in [9.17, 15) is 5.11 Å². The van der Waals surface area contributed by atoms with Crippen molar-refractivity contribution in [1.29, 1.82) is 0 Å². The molecule has 1 aromatic carbocycles. The van der Waals surface area contributed by atoms with Crippen molar-refractivity contribution in [2.45, 2.75) is 19.4 Å². The molecule has 0 spiro atoms. The summed E-state index contributed by atoms with van der Waals surface area (Å²) in [6, 6.07) is 3.69. The molecule has 0 saturated heterocycles. The Labute approximate surface area is 97.5 Å². The molecular weight excluding hydrogens is 263 g/mol. The van der Waals surface area contributed by atoms with Crippen LogP contribution in [0.3, 0.4) is 0 Å². The predicted octanol–water partition coefficient (Wildman–Crippen LogP) is 4.02. The fourth-order valence-corrected chi connectivity index (χ4v) is 2.10. The number of hydrogen-bond donors (Lipinski definition) is 1. The summed E-state index contributed by atoms with van der Waals surface area (Å²) in [5.41, 5.74) is 1.80. The molecule has 0 amide bonds. The Kier molecular flexibility index (Phi) is 4.17. The Balaban J connectivity index is 3.08. The first-order valence-corrected chi connectivity index (χ1v) is 5.48. The fraction of sp³-hybridized carbons (Fsp3) is 0.273. The van der Waals surface area contributed by atoms with E-state index in [2.05, 4.69) is 22.5 Å². The predicted molar refractivity (Wildman–Crippen MR) is 63.7 cm³/mol. The molecule has 14 heavy (non-hydrogen) atoms. The van der Waals surface area contributed by atoms with E-state index in [1.165, 1.54) is 0 Å². The topological polar surface area (TPSA) is 20.2 Å². The van der Waals surface area contributed by atoms with Crippen LogP contribution in [0.2, 0.25) is 5.02 Å². The summed E-state index contributed by atoms with van der Waals surface area (Å²) < 4.78 is 0.883. The monoisotopic (exact) mass is 274 g/mol. The van der Waals surface area contributed by atoms with Gasteiger partial charge in [-0.2, -0.15) is 0 Å². The highest BCUT2D eigenvalue weighted by Gasteiger charge is 2.11. The van der Waals surface area contributed by atoms with Gasteiger partial charge in [-0.15, -0.1) is 6.58 Å². The number of aliphatic hydroxyl groups is 1. The Hall–Kier alpha value is -0.310. The van der Waals surface area contributed by atoms with Crippen LogP contribution in [0.5, 0.6) is 0 Å². The average molecular weight is 276 g/mol. The fourth-order valence-electron chi connectivity index (χ4n) is 1.20. The zero-order valence-corrected chi connectivity index (χ0v) is 10.3. The van der Waals surface area contributed by atoms with Gasteiger partial charge in [-0.05, 0) is 36.6 Å². The zero-order valence-electron chi connectivity index (χ0n) is 7.93. The van der Waals surface area contributed by atoms with Crippen LogP contribution >= 0.6 is 27.5 Å². The van der Waals surface area contributed by atoms with Crippen molar-refractivity contribution in [3.05, 3.63) is 45.4 Å². The van der Waals surface area contributed by atoms with Crippen LogP contribution < -0.4 is 0 Å². The largest absolute Gasteiger partial charge is 0.388 e. The molecule has 0 aliphatic rings. The summed E-state index contributed by atoms with van der Waals surface area (Å²) in [5, 5.41) is 10.4. The van der Waals surface area contributed by atoms with Crippen molar-refractivity contribution in [3.8, 4) is 0 Å². The molecule has 1 unspecified atom stereocenters. The summed E-state index contributed by atoms with van der Waals surface area (Å²) in [5.74, 6) is 0. The minimum atomic E-state index is -0.542. The van der Waals surface area contributed by atoms with Crippen LogP contribution in [0.4, 0.5) is 0 Å². The van der Waals surface area contributed by atoms with Gasteiger partial charge in [-0.25, -0.2) is 0 Å². The lowest BCUT2D eigenvalue weighted by molar-refractivity contribution is 0.181. The van der Waals surface area contributed by atoms with Crippen molar-refractivity contribution >= 4 is 27.5 Å². The molecular formula is C11H12BrClO. The SMILES string of the molecule is C=CCC(O)c1cc(Cl)c(C)cc1Br. The van der Waals surface area contributed by atoms with Crippen LogP contribution in [-0.4, -0.2) is 5.11 Å². The van der Waals surface area contributed by atoms with Crippen LogP contribution in [0.15, 0.2) is 29.3 Å². The Morgan fingerprint density at radius 3 is 2.86 bits per heavy atom. The molecule has 0 bridgehead atoms. The molecule has 0 heterocycles. The number of hydrogen-bond acceptors (Lipinski definition) is 1. The second-order valence-electron chi connectivity index (χ2n) is 3.16. The van der Waals surface area contributed by atoms with Crippen LogP contribution in [-0.2, 0) is 0 Å². The van der Waals surface area contributed by atoms with E-state index in [4.69, 9.17) is 11.6 Å². The van der Waals surface area contributed by atoms with Crippen molar-refractivity contribution in [2.75, 3.05) is 0 Å². The van der Waals surface area contributed by atoms with E-state index in [-0.39, 0.29) is 0 Å². The number of benzene rings is 1. The Morgan fingerprint density at radius 1 is 1.64 bits per heavy atom. The smallest absolute Gasteiger partial charge is 0.0835 e. The number of rotatable bonds is 3. The molecule has 0 aliphatic carbocycles. The van der Waals surface area contributed by atoms with Crippen molar-refractivity contribution in [3.63, 3.8) is 0 Å². The maximum absolute atomic E-state index is 9.76. The van der Waals surface area contributed by atoms with E-state index in [1.807, 2.05) is 13.0 Å². The summed E-state index contributed by atoms with van der Waals surface area (Å²) in [6.45, 7) is 5.51. The minimum Gasteiger partial charge on any atom is -0.388 e. The van der Waals surface area contributed by atoms with Gasteiger partial charge in [0.15, 0.2) is 0 Å². The quantitative estimate of drug-likeness (QED) is 0.826. The average Bonchev–Trinajstić information content (AvgIpc) is 2.11. The molecule has 0 radical (unpaired) electrons. The summed E-state index contributed by atoms with van der Waals surface area (Å²) >= 11 is 9.37. The van der Waals surface area contributed by atoms with Gasteiger partial charge in [0, 0.05) is 9.50 Å². The Morgan fingerprint density at radius 2 is 2.29 bits per heavy atom.